The fraction of sp³-hybridized carbons (Fsp3) is 1.00. The maximum absolute atomic E-state index is 5.87. The summed E-state index contributed by atoms with van der Waals surface area (Å²) in [6.07, 6.45) is 2.90. The number of hydrogen-bond acceptors (Lipinski definition) is 5. The van der Waals surface area contributed by atoms with Gasteiger partial charge in [0.2, 0.25) is 0 Å². The standard InChI is InChI=1S/C17H32N2O2S/c1-4-21-15-11-14(16(15,2)3)18-12-17(5-10-22-13-17)19-6-8-20-9-7-19/h14-15,18H,4-13H2,1-3H3/t14-,15+,17-/m0/s1. The van der Waals surface area contributed by atoms with Gasteiger partial charge in [-0.15, -0.1) is 0 Å². The van der Waals surface area contributed by atoms with Crippen molar-refractivity contribution in [2.24, 2.45) is 5.41 Å². The molecule has 5 heteroatoms. The van der Waals surface area contributed by atoms with Crippen molar-refractivity contribution in [2.75, 3.05) is 51.0 Å². The van der Waals surface area contributed by atoms with Crippen molar-refractivity contribution in [2.45, 2.75) is 51.3 Å². The minimum absolute atomic E-state index is 0.258. The monoisotopic (exact) mass is 328 g/mol. The van der Waals surface area contributed by atoms with Gasteiger partial charge in [0.25, 0.3) is 0 Å². The maximum atomic E-state index is 5.87. The molecule has 3 atom stereocenters. The van der Waals surface area contributed by atoms with Crippen molar-refractivity contribution in [1.82, 2.24) is 10.2 Å². The fourth-order valence-corrected chi connectivity index (χ4v) is 5.64. The Balaban J connectivity index is 1.56. The van der Waals surface area contributed by atoms with Crippen LogP contribution in [0, 0.1) is 5.41 Å². The van der Waals surface area contributed by atoms with Gasteiger partial charge in [0.15, 0.2) is 0 Å². The van der Waals surface area contributed by atoms with Crippen molar-refractivity contribution in [3.63, 3.8) is 0 Å². The molecule has 3 aliphatic rings. The van der Waals surface area contributed by atoms with E-state index in [1.807, 2.05) is 0 Å². The summed E-state index contributed by atoms with van der Waals surface area (Å²) in [7, 11) is 0. The molecule has 2 heterocycles. The largest absolute Gasteiger partial charge is 0.379 e. The molecule has 1 aliphatic carbocycles. The molecule has 0 amide bonds. The highest BCUT2D eigenvalue weighted by Crippen LogP contribution is 2.43. The summed E-state index contributed by atoms with van der Waals surface area (Å²) < 4.78 is 11.4. The molecule has 3 rings (SSSR count). The Morgan fingerprint density at radius 2 is 2.09 bits per heavy atom. The Hall–Kier alpha value is 0.190. The molecule has 128 valence electrons. The summed E-state index contributed by atoms with van der Waals surface area (Å²) in [5.41, 5.74) is 0.606. The van der Waals surface area contributed by atoms with Crippen LogP contribution in [0.1, 0.15) is 33.6 Å². The highest BCUT2D eigenvalue weighted by atomic mass is 32.2. The fourth-order valence-electron chi connectivity index (χ4n) is 4.16. The van der Waals surface area contributed by atoms with E-state index in [0.29, 0.717) is 17.7 Å². The lowest BCUT2D eigenvalue weighted by molar-refractivity contribution is -0.117. The molecule has 0 unspecified atom stereocenters. The molecule has 1 N–H and O–H groups in total. The summed E-state index contributed by atoms with van der Waals surface area (Å²) in [6, 6.07) is 0.590. The Morgan fingerprint density at radius 1 is 1.32 bits per heavy atom. The number of morpholine rings is 1. The first-order chi connectivity index (χ1) is 10.6. The van der Waals surface area contributed by atoms with E-state index < -0.39 is 0 Å². The molecular formula is C17H32N2O2S. The van der Waals surface area contributed by atoms with Gasteiger partial charge in [-0.05, 0) is 25.5 Å². The van der Waals surface area contributed by atoms with Crippen LogP contribution in [0.5, 0.6) is 0 Å². The predicted octanol–water partition coefficient (Wildman–Crippen LogP) is 1.99. The SMILES string of the molecule is CCO[C@@H]1C[C@H](NC[C@@]2(N3CCOCC3)CCSC2)C1(C)C. The van der Waals surface area contributed by atoms with Gasteiger partial charge in [0.1, 0.15) is 0 Å². The molecule has 22 heavy (non-hydrogen) atoms. The van der Waals surface area contributed by atoms with Crippen LogP contribution < -0.4 is 5.32 Å². The number of thioether (sulfide) groups is 1. The zero-order valence-corrected chi connectivity index (χ0v) is 15.2. The van der Waals surface area contributed by atoms with Crippen LogP contribution in [0.4, 0.5) is 0 Å². The molecule has 0 aromatic heterocycles. The maximum Gasteiger partial charge on any atom is 0.0655 e. The number of ether oxygens (including phenoxy) is 2. The Labute approximate surface area is 139 Å². The molecule has 2 aliphatic heterocycles. The topological polar surface area (TPSA) is 33.7 Å². The molecule has 4 nitrogen and oxygen atoms in total. The Morgan fingerprint density at radius 3 is 2.68 bits per heavy atom. The van der Waals surface area contributed by atoms with Crippen LogP contribution in [0.15, 0.2) is 0 Å². The van der Waals surface area contributed by atoms with Gasteiger partial charge in [-0.2, -0.15) is 11.8 Å². The number of hydrogen-bond donors (Lipinski definition) is 1. The number of nitrogens with one attached hydrogen (secondary N) is 1. The van der Waals surface area contributed by atoms with E-state index in [1.165, 1.54) is 17.9 Å². The second-order valence-corrected chi connectivity index (χ2v) is 8.67. The van der Waals surface area contributed by atoms with Gasteiger partial charge in [-0.3, -0.25) is 4.90 Å². The Bertz CT molecular complexity index is 366. The predicted molar refractivity (Wildman–Crippen MR) is 92.7 cm³/mol. The lowest BCUT2D eigenvalue weighted by Crippen LogP contribution is -2.65. The average molecular weight is 329 g/mol. The van der Waals surface area contributed by atoms with E-state index in [0.717, 1.165) is 45.9 Å². The minimum atomic E-state index is 0.258. The normalized spacial score (nSPS) is 38.9. The van der Waals surface area contributed by atoms with E-state index in [4.69, 9.17) is 9.47 Å². The van der Waals surface area contributed by atoms with Gasteiger partial charge >= 0.3 is 0 Å². The first-order valence-corrected chi connectivity index (χ1v) is 9.99. The van der Waals surface area contributed by atoms with Gasteiger partial charge in [-0.1, -0.05) is 13.8 Å². The minimum Gasteiger partial charge on any atom is -0.379 e. The van der Waals surface area contributed by atoms with Crippen molar-refractivity contribution in [3.8, 4) is 0 Å². The first-order valence-electron chi connectivity index (χ1n) is 8.84. The molecule has 0 spiro atoms. The van der Waals surface area contributed by atoms with Crippen LogP contribution >= 0.6 is 11.8 Å². The van der Waals surface area contributed by atoms with Crippen LogP contribution in [0.3, 0.4) is 0 Å². The molecular weight excluding hydrogens is 296 g/mol. The highest BCUT2D eigenvalue weighted by molar-refractivity contribution is 7.99. The second-order valence-electron chi connectivity index (χ2n) is 7.56. The van der Waals surface area contributed by atoms with Gasteiger partial charge in [-0.25, -0.2) is 0 Å². The molecule has 2 saturated heterocycles. The zero-order valence-electron chi connectivity index (χ0n) is 14.4. The summed E-state index contributed by atoms with van der Waals surface area (Å²) in [6.45, 7) is 12.7. The second kappa shape index (κ2) is 6.98. The van der Waals surface area contributed by atoms with Crippen LogP contribution in [0.2, 0.25) is 0 Å². The third-order valence-electron chi connectivity index (χ3n) is 5.99. The lowest BCUT2D eigenvalue weighted by Gasteiger charge is -2.53. The first kappa shape index (κ1) is 17.0. The zero-order chi connectivity index (χ0) is 15.6. The van der Waals surface area contributed by atoms with Crippen molar-refractivity contribution in [3.05, 3.63) is 0 Å². The molecule has 0 radical (unpaired) electrons. The van der Waals surface area contributed by atoms with Crippen molar-refractivity contribution < 1.29 is 9.47 Å². The summed E-state index contributed by atoms with van der Waals surface area (Å²) in [4.78, 5) is 2.69. The van der Waals surface area contributed by atoms with E-state index in [-0.39, 0.29) is 5.41 Å². The number of nitrogens with zero attached hydrogens (tertiary/aromatic N) is 1. The summed E-state index contributed by atoms with van der Waals surface area (Å²) in [5, 5.41) is 3.90. The quantitative estimate of drug-likeness (QED) is 0.806. The molecule has 0 bridgehead atoms. The van der Waals surface area contributed by atoms with Gasteiger partial charge < -0.3 is 14.8 Å². The lowest BCUT2D eigenvalue weighted by atomic mass is 9.64. The third-order valence-corrected chi connectivity index (χ3v) is 7.22. The van der Waals surface area contributed by atoms with Crippen LogP contribution in [0.25, 0.3) is 0 Å². The van der Waals surface area contributed by atoms with Gasteiger partial charge in [0, 0.05) is 49.0 Å². The van der Waals surface area contributed by atoms with Crippen LogP contribution in [-0.4, -0.2) is 73.5 Å². The molecule has 0 aromatic rings. The smallest absolute Gasteiger partial charge is 0.0655 e. The van der Waals surface area contributed by atoms with E-state index in [9.17, 15) is 0 Å². The molecule has 3 fully saturated rings. The summed E-state index contributed by atoms with van der Waals surface area (Å²) in [5.74, 6) is 2.57. The van der Waals surface area contributed by atoms with Gasteiger partial charge in [0.05, 0.1) is 19.3 Å². The molecule has 0 aromatic carbocycles. The summed E-state index contributed by atoms with van der Waals surface area (Å²) >= 11 is 2.11. The number of rotatable bonds is 6. The van der Waals surface area contributed by atoms with Crippen LogP contribution in [-0.2, 0) is 9.47 Å². The van der Waals surface area contributed by atoms with E-state index >= 15 is 0 Å². The molecule has 1 saturated carbocycles. The van der Waals surface area contributed by atoms with Crippen molar-refractivity contribution in [1.29, 1.82) is 0 Å². The highest BCUT2D eigenvalue weighted by Gasteiger charge is 2.50. The van der Waals surface area contributed by atoms with Crippen molar-refractivity contribution >= 4 is 11.8 Å². The van der Waals surface area contributed by atoms with E-state index in [2.05, 4.69) is 42.7 Å². The third kappa shape index (κ3) is 3.20. The van der Waals surface area contributed by atoms with E-state index in [1.54, 1.807) is 0 Å². The average Bonchev–Trinajstić information content (AvgIpc) is 3.01. The Kier molecular flexibility index (Phi) is 5.40.